The summed E-state index contributed by atoms with van der Waals surface area (Å²) in [5.74, 6) is 0.414. The maximum absolute atomic E-state index is 12.0. The summed E-state index contributed by atoms with van der Waals surface area (Å²) >= 11 is 0. The lowest BCUT2D eigenvalue weighted by Gasteiger charge is -2.29. The Morgan fingerprint density at radius 3 is 2.27 bits per heavy atom. The van der Waals surface area contributed by atoms with E-state index in [1.54, 1.807) is 27.8 Å². The highest BCUT2D eigenvalue weighted by Crippen LogP contribution is 2.11. The van der Waals surface area contributed by atoms with Crippen LogP contribution >= 0.6 is 24.0 Å². The maximum Gasteiger partial charge on any atom is 0.408 e. The van der Waals surface area contributed by atoms with Gasteiger partial charge in [-0.3, -0.25) is 9.79 Å². The molecule has 0 radical (unpaired) electrons. The Morgan fingerprint density at radius 1 is 1.13 bits per heavy atom. The Morgan fingerprint density at radius 2 is 1.77 bits per heavy atom. The van der Waals surface area contributed by atoms with Gasteiger partial charge in [-0.1, -0.05) is 0 Å². The molecule has 0 aromatic rings. The van der Waals surface area contributed by atoms with Crippen molar-refractivity contribution >= 4 is 51.8 Å². The molecule has 4 N–H and O–H groups in total. The molecule has 176 valence electrons. The minimum Gasteiger partial charge on any atom is -0.444 e. The average Bonchev–Trinajstić information content (AvgIpc) is 2.86. The summed E-state index contributed by atoms with van der Waals surface area (Å²) in [4.78, 5) is 28.0. The standard InChI is InChI=1S/C18H35N5O5S.HI/c1-17(2,3)28-16(25)23-18(4,5)12-21-15(19-6)20-9-7-14(24)22-13-8-10-29(26,27)11-13;/h13H,7-12H2,1-6H3,(H,22,24)(H,23,25)(H2,19,20,21);1H. The fourth-order valence-corrected chi connectivity index (χ4v) is 4.33. The minimum absolute atomic E-state index is 0. The van der Waals surface area contributed by atoms with Crippen LogP contribution in [-0.4, -0.2) is 75.2 Å². The molecule has 0 bridgehead atoms. The van der Waals surface area contributed by atoms with Crippen molar-refractivity contribution in [1.82, 2.24) is 21.3 Å². The predicted molar refractivity (Wildman–Crippen MR) is 128 cm³/mol. The number of nitrogens with one attached hydrogen (secondary N) is 4. The van der Waals surface area contributed by atoms with Gasteiger partial charge in [-0.25, -0.2) is 13.2 Å². The quantitative estimate of drug-likeness (QED) is 0.205. The van der Waals surface area contributed by atoms with Crippen molar-refractivity contribution in [2.75, 3.05) is 31.6 Å². The van der Waals surface area contributed by atoms with Gasteiger partial charge in [0.25, 0.3) is 0 Å². The van der Waals surface area contributed by atoms with Crippen LogP contribution in [0.25, 0.3) is 0 Å². The normalized spacial score (nSPS) is 18.7. The molecule has 1 saturated heterocycles. The zero-order valence-corrected chi connectivity index (χ0v) is 21.8. The minimum atomic E-state index is -3.02. The highest BCUT2D eigenvalue weighted by atomic mass is 127. The lowest BCUT2D eigenvalue weighted by Crippen LogP contribution is -2.54. The number of nitrogens with zero attached hydrogens (tertiary/aromatic N) is 1. The van der Waals surface area contributed by atoms with Gasteiger partial charge in [-0.2, -0.15) is 0 Å². The third kappa shape index (κ3) is 12.4. The fourth-order valence-electron chi connectivity index (χ4n) is 2.65. The number of hydrogen-bond donors (Lipinski definition) is 4. The SMILES string of the molecule is CN=C(NCCC(=O)NC1CCS(=O)(=O)C1)NCC(C)(C)NC(=O)OC(C)(C)C.I. The molecule has 1 unspecified atom stereocenters. The van der Waals surface area contributed by atoms with E-state index in [2.05, 4.69) is 26.3 Å². The van der Waals surface area contributed by atoms with Crippen molar-refractivity contribution in [1.29, 1.82) is 0 Å². The second-order valence-corrected chi connectivity index (χ2v) is 11.0. The summed E-state index contributed by atoms with van der Waals surface area (Å²) in [5.41, 5.74) is -1.17. The summed E-state index contributed by atoms with van der Waals surface area (Å²) in [6.45, 7) is 9.81. The molecule has 0 aliphatic carbocycles. The summed E-state index contributed by atoms with van der Waals surface area (Å²) in [7, 11) is -1.41. The number of rotatable bonds is 7. The van der Waals surface area contributed by atoms with E-state index in [4.69, 9.17) is 4.74 Å². The van der Waals surface area contributed by atoms with Gasteiger partial charge in [0.2, 0.25) is 5.91 Å². The van der Waals surface area contributed by atoms with E-state index in [9.17, 15) is 18.0 Å². The molecule has 1 atom stereocenters. The number of carbonyl (C=O) groups excluding carboxylic acids is 2. The number of aliphatic imine (C=N–C) groups is 1. The second kappa shape index (κ2) is 11.9. The monoisotopic (exact) mass is 561 g/mol. The van der Waals surface area contributed by atoms with Crippen LogP contribution < -0.4 is 21.3 Å². The molecule has 1 aliphatic rings. The van der Waals surface area contributed by atoms with Crippen molar-refractivity contribution < 1.29 is 22.7 Å². The molecule has 1 fully saturated rings. The van der Waals surface area contributed by atoms with Crippen molar-refractivity contribution in [2.45, 2.75) is 64.6 Å². The maximum atomic E-state index is 12.0. The third-order valence-corrected chi connectivity index (χ3v) is 5.77. The largest absolute Gasteiger partial charge is 0.444 e. The molecule has 1 rings (SSSR count). The third-order valence-electron chi connectivity index (χ3n) is 4.00. The first-order valence-corrected chi connectivity index (χ1v) is 11.5. The van der Waals surface area contributed by atoms with Gasteiger partial charge in [0.15, 0.2) is 15.8 Å². The van der Waals surface area contributed by atoms with Crippen LogP contribution in [0.1, 0.15) is 47.5 Å². The highest BCUT2D eigenvalue weighted by Gasteiger charge is 2.29. The Balaban J connectivity index is 0.00000841. The topological polar surface area (TPSA) is 138 Å². The molecule has 0 aromatic carbocycles. The molecule has 0 aromatic heterocycles. The molecular weight excluding hydrogens is 525 g/mol. The second-order valence-electron chi connectivity index (χ2n) is 8.78. The zero-order valence-electron chi connectivity index (χ0n) is 18.6. The lowest BCUT2D eigenvalue weighted by molar-refractivity contribution is -0.121. The van der Waals surface area contributed by atoms with E-state index < -0.39 is 27.1 Å². The highest BCUT2D eigenvalue weighted by molar-refractivity contribution is 14.0. The van der Waals surface area contributed by atoms with Gasteiger partial charge in [0, 0.05) is 32.6 Å². The van der Waals surface area contributed by atoms with Gasteiger partial charge in [-0.15, -0.1) is 24.0 Å². The van der Waals surface area contributed by atoms with E-state index in [1.165, 1.54) is 0 Å². The molecule has 10 nitrogen and oxygen atoms in total. The van der Waals surface area contributed by atoms with Crippen LogP contribution in [0.5, 0.6) is 0 Å². The number of guanidine groups is 1. The first-order chi connectivity index (χ1) is 13.2. The molecule has 0 saturated carbocycles. The number of alkyl carbamates (subject to hydrolysis) is 1. The Labute approximate surface area is 196 Å². The first kappa shape index (κ1) is 28.7. The van der Waals surface area contributed by atoms with Crippen LogP contribution in [0.3, 0.4) is 0 Å². The van der Waals surface area contributed by atoms with Gasteiger partial charge in [-0.05, 0) is 41.0 Å². The Hall–Kier alpha value is -1.31. The van der Waals surface area contributed by atoms with Gasteiger partial charge < -0.3 is 26.0 Å². The van der Waals surface area contributed by atoms with Crippen LogP contribution in [0, 0.1) is 0 Å². The first-order valence-electron chi connectivity index (χ1n) is 9.67. The van der Waals surface area contributed by atoms with Crippen LogP contribution in [0.15, 0.2) is 4.99 Å². The number of amides is 2. The summed E-state index contributed by atoms with van der Waals surface area (Å²) in [5, 5.41) is 11.7. The molecule has 2 amide bonds. The van der Waals surface area contributed by atoms with Crippen LogP contribution in [0.2, 0.25) is 0 Å². The number of ether oxygens (including phenoxy) is 1. The lowest BCUT2D eigenvalue weighted by atomic mass is 10.1. The summed E-state index contributed by atoms with van der Waals surface area (Å²) < 4.78 is 28.1. The van der Waals surface area contributed by atoms with E-state index in [1.807, 2.05) is 13.8 Å². The Bertz CT molecular complexity index is 719. The van der Waals surface area contributed by atoms with Crippen molar-refractivity contribution in [3.63, 3.8) is 0 Å². The van der Waals surface area contributed by atoms with E-state index >= 15 is 0 Å². The fraction of sp³-hybridized carbons (Fsp3) is 0.833. The van der Waals surface area contributed by atoms with Crippen molar-refractivity contribution in [3.8, 4) is 0 Å². The predicted octanol–water partition coefficient (Wildman–Crippen LogP) is 0.766. The molecule has 1 heterocycles. The zero-order chi connectivity index (χ0) is 22.3. The number of hydrogen-bond acceptors (Lipinski definition) is 6. The van der Waals surface area contributed by atoms with E-state index in [-0.39, 0.29) is 53.9 Å². The molecular formula is C18H36IN5O5S. The molecule has 12 heteroatoms. The van der Waals surface area contributed by atoms with Gasteiger partial charge in [0.05, 0.1) is 17.0 Å². The Kier molecular flexibility index (Phi) is 11.4. The van der Waals surface area contributed by atoms with Crippen molar-refractivity contribution in [2.24, 2.45) is 4.99 Å². The van der Waals surface area contributed by atoms with Crippen molar-refractivity contribution in [3.05, 3.63) is 0 Å². The molecule has 0 spiro atoms. The number of carbonyl (C=O) groups is 2. The van der Waals surface area contributed by atoms with E-state index in [0.717, 1.165) is 0 Å². The van der Waals surface area contributed by atoms with Crippen LogP contribution in [0.4, 0.5) is 4.79 Å². The summed E-state index contributed by atoms with van der Waals surface area (Å²) in [6, 6.07) is -0.301. The average molecular weight is 561 g/mol. The van der Waals surface area contributed by atoms with Gasteiger partial charge >= 0.3 is 6.09 Å². The summed E-state index contributed by atoms with van der Waals surface area (Å²) in [6.07, 6.45) is 0.152. The number of sulfone groups is 1. The molecule has 30 heavy (non-hydrogen) atoms. The van der Waals surface area contributed by atoms with Crippen LogP contribution in [-0.2, 0) is 19.4 Å². The van der Waals surface area contributed by atoms with Gasteiger partial charge in [0.1, 0.15) is 5.60 Å². The van der Waals surface area contributed by atoms with E-state index in [0.29, 0.717) is 25.5 Å². The smallest absolute Gasteiger partial charge is 0.408 e. The molecule has 1 aliphatic heterocycles. The number of halogens is 1.